The Morgan fingerprint density at radius 2 is 2.05 bits per heavy atom. The van der Waals surface area contributed by atoms with Gasteiger partial charge in [-0.05, 0) is 30.5 Å². The van der Waals surface area contributed by atoms with Gasteiger partial charge in [0.1, 0.15) is 17.0 Å². The molecule has 1 aromatic carbocycles. The van der Waals surface area contributed by atoms with Crippen LogP contribution >= 0.6 is 22.6 Å². The lowest BCUT2D eigenvalue weighted by Gasteiger charge is -2.08. The SMILES string of the molecule is N[C@@H](Cc1ccc(NS(=O)CCCI)cc1)C(=O)O. The van der Waals surface area contributed by atoms with Gasteiger partial charge in [0, 0.05) is 15.9 Å². The zero-order chi connectivity index (χ0) is 14.3. The van der Waals surface area contributed by atoms with E-state index in [4.69, 9.17) is 10.8 Å². The monoisotopic (exact) mass is 396 g/mol. The van der Waals surface area contributed by atoms with Crippen molar-refractivity contribution in [2.45, 2.75) is 18.9 Å². The van der Waals surface area contributed by atoms with E-state index in [2.05, 4.69) is 27.3 Å². The van der Waals surface area contributed by atoms with Crippen molar-refractivity contribution in [1.29, 1.82) is 0 Å². The molecule has 7 heteroatoms. The van der Waals surface area contributed by atoms with Gasteiger partial charge in [-0.15, -0.1) is 0 Å². The van der Waals surface area contributed by atoms with Crippen molar-refractivity contribution in [2.24, 2.45) is 5.73 Å². The first-order valence-corrected chi connectivity index (χ1v) is 8.65. The molecule has 0 aliphatic heterocycles. The number of carbonyl (C=O) groups is 1. The van der Waals surface area contributed by atoms with Crippen LogP contribution in [0, 0.1) is 0 Å². The molecule has 1 aromatic rings. The van der Waals surface area contributed by atoms with E-state index in [-0.39, 0.29) is 6.42 Å². The van der Waals surface area contributed by atoms with Crippen LogP contribution in [-0.4, -0.2) is 31.5 Å². The number of rotatable bonds is 8. The van der Waals surface area contributed by atoms with Gasteiger partial charge in [-0.1, -0.05) is 34.7 Å². The molecule has 1 rings (SSSR count). The van der Waals surface area contributed by atoms with E-state index in [1.54, 1.807) is 24.3 Å². The molecule has 0 heterocycles. The van der Waals surface area contributed by atoms with Gasteiger partial charge in [0.2, 0.25) is 0 Å². The average molecular weight is 396 g/mol. The summed E-state index contributed by atoms with van der Waals surface area (Å²) in [7, 11) is -1.07. The van der Waals surface area contributed by atoms with Crippen LogP contribution in [0.25, 0.3) is 0 Å². The fourth-order valence-electron chi connectivity index (χ4n) is 1.42. The number of anilines is 1. The van der Waals surface area contributed by atoms with Gasteiger partial charge >= 0.3 is 5.97 Å². The molecule has 0 radical (unpaired) electrons. The number of benzene rings is 1. The van der Waals surface area contributed by atoms with Crippen molar-refractivity contribution < 1.29 is 14.1 Å². The average Bonchev–Trinajstić information content (AvgIpc) is 2.38. The number of hydrogen-bond donors (Lipinski definition) is 3. The van der Waals surface area contributed by atoms with Crippen LogP contribution in [-0.2, 0) is 22.2 Å². The van der Waals surface area contributed by atoms with E-state index < -0.39 is 23.0 Å². The minimum absolute atomic E-state index is 0.285. The van der Waals surface area contributed by atoms with Crippen LogP contribution in [0.4, 0.5) is 5.69 Å². The maximum atomic E-state index is 11.6. The Labute approximate surface area is 128 Å². The number of hydrogen-bond acceptors (Lipinski definition) is 3. The van der Waals surface area contributed by atoms with E-state index >= 15 is 0 Å². The second-order valence-corrected chi connectivity index (χ2v) is 6.42. The van der Waals surface area contributed by atoms with Gasteiger partial charge in [0.25, 0.3) is 0 Å². The first kappa shape index (κ1) is 16.4. The fraction of sp³-hybridized carbons (Fsp3) is 0.417. The summed E-state index contributed by atoms with van der Waals surface area (Å²) in [6, 6.07) is 6.26. The molecule has 19 heavy (non-hydrogen) atoms. The summed E-state index contributed by atoms with van der Waals surface area (Å²) in [4.78, 5) is 10.6. The van der Waals surface area contributed by atoms with Crippen molar-refractivity contribution in [3.8, 4) is 0 Å². The van der Waals surface area contributed by atoms with Crippen LogP contribution in [0.15, 0.2) is 24.3 Å². The highest BCUT2D eigenvalue weighted by atomic mass is 127. The number of carboxylic acid groups (broad SMARTS) is 1. The third-order valence-electron chi connectivity index (χ3n) is 2.42. The molecule has 0 saturated heterocycles. The highest BCUT2D eigenvalue weighted by molar-refractivity contribution is 14.1. The Morgan fingerprint density at radius 1 is 1.42 bits per heavy atom. The van der Waals surface area contributed by atoms with E-state index in [0.29, 0.717) is 5.75 Å². The molecule has 5 nitrogen and oxygen atoms in total. The number of nitrogens with one attached hydrogen (secondary N) is 1. The van der Waals surface area contributed by atoms with Crippen molar-refractivity contribution in [2.75, 3.05) is 14.9 Å². The van der Waals surface area contributed by atoms with E-state index in [1.165, 1.54) is 0 Å². The Hall–Kier alpha value is -0.670. The summed E-state index contributed by atoms with van der Waals surface area (Å²) in [6.45, 7) is 0. The first-order chi connectivity index (χ1) is 9.02. The molecule has 0 aliphatic rings. The molecule has 0 fully saturated rings. The lowest BCUT2D eigenvalue weighted by Crippen LogP contribution is -2.32. The quantitative estimate of drug-likeness (QED) is 0.459. The van der Waals surface area contributed by atoms with Crippen molar-refractivity contribution in [1.82, 2.24) is 0 Å². The first-order valence-electron chi connectivity index (χ1n) is 5.81. The van der Waals surface area contributed by atoms with E-state index in [0.717, 1.165) is 22.1 Å². The van der Waals surface area contributed by atoms with Crippen molar-refractivity contribution in [3.63, 3.8) is 0 Å². The molecule has 106 valence electrons. The predicted molar refractivity (Wildman–Crippen MR) is 85.9 cm³/mol. The number of carboxylic acids is 1. The van der Waals surface area contributed by atoms with Gasteiger partial charge in [0.15, 0.2) is 0 Å². The van der Waals surface area contributed by atoms with Crippen LogP contribution in [0.5, 0.6) is 0 Å². The van der Waals surface area contributed by atoms with Crippen LogP contribution in [0.1, 0.15) is 12.0 Å². The zero-order valence-electron chi connectivity index (χ0n) is 10.3. The lowest BCUT2D eigenvalue weighted by molar-refractivity contribution is -0.138. The lowest BCUT2D eigenvalue weighted by atomic mass is 10.1. The Bertz CT molecular complexity index is 439. The Balaban J connectivity index is 2.52. The summed E-state index contributed by atoms with van der Waals surface area (Å²) in [5.41, 5.74) is 7.07. The molecule has 0 bridgehead atoms. The number of aliphatic carboxylic acids is 1. The number of alkyl halides is 1. The molecule has 2 atom stereocenters. The van der Waals surface area contributed by atoms with E-state index in [1.807, 2.05) is 0 Å². The number of nitrogens with two attached hydrogens (primary N) is 1. The minimum Gasteiger partial charge on any atom is -0.480 e. The number of halogens is 1. The Kier molecular flexibility index (Phi) is 7.32. The van der Waals surface area contributed by atoms with Crippen molar-refractivity contribution in [3.05, 3.63) is 29.8 Å². The van der Waals surface area contributed by atoms with Crippen LogP contribution in [0.3, 0.4) is 0 Å². The summed E-state index contributed by atoms with van der Waals surface area (Å²) in [5, 5.41) is 8.72. The normalized spacial score (nSPS) is 13.8. The van der Waals surface area contributed by atoms with Gasteiger partial charge in [-0.3, -0.25) is 4.79 Å². The van der Waals surface area contributed by atoms with Gasteiger partial charge in [0.05, 0.1) is 0 Å². The smallest absolute Gasteiger partial charge is 0.320 e. The third kappa shape index (κ3) is 6.35. The Morgan fingerprint density at radius 3 is 2.58 bits per heavy atom. The summed E-state index contributed by atoms with van der Waals surface area (Å²) in [6.07, 6.45) is 1.19. The third-order valence-corrected chi connectivity index (χ3v) is 4.31. The molecule has 4 N–H and O–H groups in total. The molecule has 0 saturated carbocycles. The maximum absolute atomic E-state index is 11.6. The fourth-order valence-corrected chi connectivity index (χ4v) is 3.22. The molecule has 0 aromatic heterocycles. The van der Waals surface area contributed by atoms with Crippen LogP contribution in [0.2, 0.25) is 0 Å². The van der Waals surface area contributed by atoms with Gasteiger partial charge in [-0.2, -0.15) is 0 Å². The minimum atomic E-state index is -1.07. The summed E-state index contributed by atoms with van der Waals surface area (Å²) in [5.74, 6) is -0.392. The van der Waals surface area contributed by atoms with E-state index in [9.17, 15) is 9.00 Å². The van der Waals surface area contributed by atoms with Crippen LogP contribution < -0.4 is 10.5 Å². The summed E-state index contributed by atoms with van der Waals surface area (Å²) < 4.78 is 15.5. The highest BCUT2D eigenvalue weighted by Crippen LogP contribution is 2.12. The van der Waals surface area contributed by atoms with Gasteiger partial charge in [-0.25, -0.2) is 4.21 Å². The second-order valence-electron chi connectivity index (χ2n) is 4.04. The maximum Gasteiger partial charge on any atom is 0.320 e. The van der Waals surface area contributed by atoms with Crippen molar-refractivity contribution >= 4 is 45.2 Å². The highest BCUT2D eigenvalue weighted by Gasteiger charge is 2.11. The van der Waals surface area contributed by atoms with Gasteiger partial charge < -0.3 is 15.6 Å². The molecule has 1 unspecified atom stereocenters. The predicted octanol–water partition coefficient (Wildman–Crippen LogP) is 1.54. The zero-order valence-corrected chi connectivity index (χ0v) is 13.3. The second kappa shape index (κ2) is 8.49. The molecule has 0 amide bonds. The largest absolute Gasteiger partial charge is 0.480 e. The molecular formula is C12H17IN2O3S. The molecule has 0 spiro atoms. The molecular weight excluding hydrogens is 379 g/mol. The summed E-state index contributed by atoms with van der Waals surface area (Å²) >= 11 is 2.25. The standard InChI is InChI=1S/C12H17IN2O3S/c13-6-1-7-19(18)15-10-4-2-9(3-5-10)8-11(14)12(16)17/h2-5,11,15H,1,6-8,14H2,(H,16,17)/t11-,19?/m0/s1. The molecule has 0 aliphatic carbocycles. The topological polar surface area (TPSA) is 92.4 Å².